The van der Waals surface area contributed by atoms with Crippen LogP contribution in [0.25, 0.3) is 0 Å². The summed E-state index contributed by atoms with van der Waals surface area (Å²) in [6.45, 7) is 11.9. The molecule has 0 amide bonds. The molecule has 180 valence electrons. The lowest BCUT2D eigenvalue weighted by Gasteiger charge is -2.38. The summed E-state index contributed by atoms with van der Waals surface area (Å²) in [5.41, 5.74) is 1.22. The molecule has 8 heteroatoms. The Bertz CT molecular complexity index is 988. The first-order chi connectivity index (χ1) is 15.3. The maximum Gasteiger partial charge on any atom is 0.416 e. The number of aliphatic imine (C=N–C) groups is 1. The normalized spacial score (nSPS) is 20.1. The number of guanidine groups is 1. The van der Waals surface area contributed by atoms with Gasteiger partial charge in [-0.3, -0.25) is 0 Å². The summed E-state index contributed by atoms with van der Waals surface area (Å²) < 4.78 is 39.4. The monoisotopic (exact) mass is 462 g/mol. The van der Waals surface area contributed by atoms with Crippen molar-refractivity contribution >= 4 is 11.6 Å². The number of phenolic OH excluding ortho intramolecular Hbond substituents is 1. The summed E-state index contributed by atoms with van der Waals surface area (Å²) in [5, 5.41) is 17.2. The third-order valence-corrected chi connectivity index (χ3v) is 5.63. The number of nitrogens with zero attached hydrogens (tertiary/aromatic N) is 2. The highest BCUT2D eigenvalue weighted by Gasteiger charge is 2.30. The molecule has 2 unspecified atom stereocenters. The minimum Gasteiger partial charge on any atom is -0.506 e. The Morgan fingerprint density at radius 2 is 1.73 bits per heavy atom. The predicted octanol–water partition coefficient (Wildman–Crippen LogP) is 5.36. The van der Waals surface area contributed by atoms with Crippen LogP contribution in [0, 0.1) is 0 Å². The van der Waals surface area contributed by atoms with Gasteiger partial charge in [-0.2, -0.15) is 13.2 Å². The van der Waals surface area contributed by atoms with Crippen molar-refractivity contribution in [2.24, 2.45) is 4.99 Å². The highest BCUT2D eigenvalue weighted by atomic mass is 19.4. The molecule has 1 aliphatic heterocycles. The van der Waals surface area contributed by atoms with Crippen LogP contribution in [0.3, 0.4) is 0 Å². The van der Waals surface area contributed by atoms with Crippen LogP contribution < -0.4 is 10.6 Å². The van der Waals surface area contributed by atoms with E-state index in [1.54, 1.807) is 12.1 Å². The topological polar surface area (TPSA) is 59.9 Å². The van der Waals surface area contributed by atoms with E-state index in [-0.39, 0.29) is 29.8 Å². The predicted molar refractivity (Wildman–Crippen MR) is 127 cm³/mol. The maximum absolute atomic E-state index is 13.1. The highest BCUT2D eigenvalue weighted by molar-refractivity contribution is 5.95. The molecule has 0 aliphatic carbocycles. The largest absolute Gasteiger partial charge is 0.506 e. The third kappa shape index (κ3) is 6.63. The molecule has 2 aromatic carbocycles. The molecule has 5 nitrogen and oxygen atoms in total. The van der Waals surface area contributed by atoms with Gasteiger partial charge in [0.1, 0.15) is 5.75 Å². The summed E-state index contributed by atoms with van der Waals surface area (Å²) in [6.07, 6.45) is -4.40. The fraction of sp³-hybridized carbons (Fsp3) is 0.480. The van der Waals surface area contributed by atoms with E-state index in [9.17, 15) is 18.3 Å². The Labute approximate surface area is 193 Å². The second-order valence-electron chi connectivity index (χ2n) is 9.82. The molecule has 0 bridgehead atoms. The average Bonchev–Trinajstić information content (AvgIpc) is 2.70. The van der Waals surface area contributed by atoms with Gasteiger partial charge in [-0.1, -0.05) is 39.0 Å². The van der Waals surface area contributed by atoms with Gasteiger partial charge in [0.2, 0.25) is 0 Å². The van der Waals surface area contributed by atoms with Crippen molar-refractivity contribution in [2.75, 3.05) is 18.4 Å². The van der Waals surface area contributed by atoms with Crippen LogP contribution in [0.5, 0.6) is 5.75 Å². The molecule has 0 radical (unpaired) electrons. The molecule has 0 saturated carbocycles. The molecule has 0 aromatic heterocycles. The number of anilines is 1. The standard InChI is InChI=1S/C25H33F3N4O/c1-16-14-32(15-17(2)30-16)23(29-13-18-7-6-8-20(11-18)25(26,27)28)31-21-12-19(24(3,4)5)9-10-22(21)33/h6-12,16-17,30,33H,13-15H2,1-5H3,(H,29,31). The zero-order valence-electron chi connectivity index (χ0n) is 19.8. The van der Waals surface area contributed by atoms with E-state index in [0.717, 1.165) is 17.7 Å². The van der Waals surface area contributed by atoms with Gasteiger partial charge in [0, 0.05) is 25.2 Å². The Balaban J connectivity index is 1.94. The fourth-order valence-electron chi connectivity index (χ4n) is 3.95. The van der Waals surface area contributed by atoms with Crippen molar-refractivity contribution < 1.29 is 18.3 Å². The van der Waals surface area contributed by atoms with Crippen molar-refractivity contribution in [1.82, 2.24) is 10.2 Å². The molecule has 2 atom stereocenters. The lowest BCUT2D eigenvalue weighted by Crippen LogP contribution is -2.57. The van der Waals surface area contributed by atoms with Crippen molar-refractivity contribution in [1.29, 1.82) is 0 Å². The number of hydrogen-bond acceptors (Lipinski definition) is 3. The van der Waals surface area contributed by atoms with Gasteiger partial charge in [0.25, 0.3) is 0 Å². The van der Waals surface area contributed by atoms with Gasteiger partial charge < -0.3 is 20.6 Å². The lowest BCUT2D eigenvalue weighted by molar-refractivity contribution is -0.137. The molecule has 1 fully saturated rings. The van der Waals surface area contributed by atoms with Gasteiger partial charge in [-0.05, 0) is 54.7 Å². The molecule has 33 heavy (non-hydrogen) atoms. The number of aromatic hydroxyl groups is 1. The second-order valence-corrected chi connectivity index (χ2v) is 9.82. The molecular formula is C25H33F3N4O. The van der Waals surface area contributed by atoms with Crippen molar-refractivity contribution in [3.8, 4) is 5.75 Å². The van der Waals surface area contributed by atoms with Crippen LogP contribution in [0.4, 0.5) is 18.9 Å². The van der Waals surface area contributed by atoms with E-state index in [1.165, 1.54) is 6.07 Å². The first kappa shape index (κ1) is 24.9. The Morgan fingerprint density at radius 3 is 2.33 bits per heavy atom. The molecule has 0 spiro atoms. The number of benzene rings is 2. The van der Waals surface area contributed by atoms with Gasteiger partial charge >= 0.3 is 6.18 Å². The summed E-state index contributed by atoms with van der Waals surface area (Å²) in [5.74, 6) is 0.611. The van der Waals surface area contributed by atoms with Crippen LogP contribution in [0.15, 0.2) is 47.5 Å². The molecule has 3 rings (SSSR count). The van der Waals surface area contributed by atoms with E-state index < -0.39 is 11.7 Å². The van der Waals surface area contributed by atoms with Gasteiger partial charge in [0.05, 0.1) is 17.8 Å². The number of hydrogen-bond donors (Lipinski definition) is 3. The number of piperazine rings is 1. The highest BCUT2D eigenvalue weighted by Crippen LogP contribution is 2.32. The summed E-state index contributed by atoms with van der Waals surface area (Å²) >= 11 is 0. The number of rotatable bonds is 3. The van der Waals surface area contributed by atoms with Crippen LogP contribution in [0.2, 0.25) is 0 Å². The third-order valence-electron chi connectivity index (χ3n) is 5.63. The maximum atomic E-state index is 13.1. The van der Waals surface area contributed by atoms with Crippen LogP contribution in [-0.2, 0) is 18.1 Å². The molecule has 3 N–H and O–H groups in total. The van der Waals surface area contributed by atoms with E-state index in [0.29, 0.717) is 30.3 Å². The first-order valence-corrected chi connectivity index (χ1v) is 11.1. The first-order valence-electron chi connectivity index (χ1n) is 11.1. The second kappa shape index (κ2) is 9.63. The molecule has 1 saturated heterocycles. The van der Waals surface area contributed by atoms with Gasteiger partial charge in [-0.15, -0.1) is 0 Å². The molecule has 1 heterocycles. The van der Waals surface area contributed by atoms with Crippen molar-refractivity contribution in [3.05, 3.63) is 59.2 Å². The van der Waals surface area contributed by atoms with E-state index >= 15 is 0 Å². The Morgan fingerprint density at radius 1 is 1.06 bits per heavy atom. The minimum atomic E-state index is -4.40. The van der Waals surface area contributed by atoms with Gasteiger partial charge in [0.15, 0.2) is 5.96 Å². The van der Waals surface area contributed by atoms with Crippen molar-refractivity contribution in [2.45, 2.75) is 64.8 Å². The van der Waals surface area contributed by atoms with Gasteiger partial charge in [-0.25, -0.2) is 4.99 Å². The quantitative estimate of drug-likeness (QED) is 0.327. The van der Waals surface area contributed by atoms with E-state index in [1.807, 2.05) is 12.1 Å². The average molecular weight is 463 g/mol. The zero-order valence-corrected chi connectivity index (χ0v) is 19.8. The van der Waals surface area contributed by atoms with Crippen LogP contribution in [0.1, 0.15) is 51.3 Å². The van der Waals surface area contributed by atoms with Crippen LogP contribution in [-0.4, -0.2) is 41.1 Å². The summed E-state index contributed by atoms with van der Waals surface area (Å²) in [6, 6.07) is 11.1. The zero-order chi connectivity index (χ0) is 24.4. The SMILES string of the molecule is CC1CN(C(=NCc2cccc(C(F)(F)F)c2)Nc2cc(C(C)(C)C)ccc2O)CC(C)N1. The summed E-state index contributed by atoms with van der Waals surface area (Å²) in [4.78, 5) is 6.74. The Hall–Kier alpha value is -2.74. The van der Waals surface area contributed by atoms with Crippen LogP contribution >= 0.6 is 0 Å². The number of phenols is 1. The molecular weight excluding hydrogens is 429 g/mol. The number of halogens is 3. The lowest BCUT2D eigenvalue weighted by atomic mass is 9.87. The fourth-order valence-corrected chi connectivity index (χ4v) is 3.95. The minimum absolute atomic E-state index is 0.0820. The van der Waals surface area contributed by atoms with E-state index in [4.69, 9.17) is 0 Å². The smallest absolute Gasteiger partial charge is 0.416 e. The van der Waals surface area contributed by atoms with E-state index in [2.05, 4.69) is 55.1 Å². The van der Waals surface area contributed by atoms with Crippen molar-refractivity contribution in [3.63, 3.8) is 0 Å². The summed E-state index contributed by atoms with van der Waals surface area (Å²) in [7, 11) is 0. The number of nitrogens with one attached hydrogen (secondary N) is 2. The Kier molecular flexibility index (Phi) is 7.26. The number of alkyl halides is 3. The molecule has 1 aliphatic rings. The molecule has 2 aromatic rings.